The monoisotopic (exact) mass is 416 g/mol. The van der Waals surface area contributed by atoms with E-state index < -0.39 is 19.9 Å². The molecule has 1 amide bonds. The number of amides is 1. The quantitative estimate of drug-likeness (QED) is 0.702. The zero-order valence-electron chi connectivity index (χ0n) is 15.2. The van der Waals surface area contributed by atoms with Gasteiger partial charge in [-0.05, 0) is 31.0 Å². The molecule has 0 unspecified atom stereocenters. The highest BCUT2D eigenvalue weighted by molar-refractivity contribution is 7.91. The van der Waals surface area contributed by atoms with E-state index in [0.29, 0.717) is 39.1 Å². The van der Waals surface area contributed by atoms with Crippen LogP contribution in [0.15, 0.2) is 34.1 Å². The Labute approximate surface area is 160 Å². The molecule has 0 saturated carbocycles. The Hall–Kier alpha value is -1.49. The number of rotatable bonds is 4. The molecule has 2 heterocycles. The summed E-state index contributed by atoms with van der Waals surface area (Å²) in [6.45, 7) is 2.72. The van der Waals surface area contributed by atoms with Gasteiger partial charge in [0, 0.05) is 38.4 Å². The molecule has 2 saturated heterocycles. The normalized spacial score (nSPS) is 20.6. The number of piperidine rings is 1. The minimum absolute atomic E-state index is 0.0269. The maximum absolute atomic E-state index is 12.9. The number of benzene rings is 1. The van der Waals surface area contributed by atoms with Crippen LogP contribution in [0.5, 0.6) is 0 Å². The van der Waals surface area contributed by atoms with E-state index >= 15 is 0 Å². The van der Waals surface area contributed by atoms with Crippen molar-refractivity contribution < 1.29 is 26.4 Å². The summed E-state index contributed by atoms with van der Waals surface area (Å²) in [4.78, 5) is 14.3. The highest BCUT2D eigenvalue weighted by atomic mass is 32.2. The summed E-state index contributed by atoms with van der Waals surface area (Å²) in [6, 6.07) is 5.39. The first kappa shape index (κ1) is 20.2. The molecule has 150 valence electrons. The van der Waals surface area contributed by atoms with Crippen molar-refractivity contribution in [3.63, 3.8) is 0 Å². The molecule has 2 aliphatic heterocycles. The Kier molecular flexibility index (Phi) is 5.90. The van der Waals surface area contributed by atoms with E-state index in [1.165, 1.54) is 28.6 Å². The molecule has 27 heavy (non-hydrogen) atoms. The number of ether oxygens (including phenoxy) is 1. The lowest BCUT2D eigenvalue weighted by Gasteiger charge is -2.35. The Morgan fingerprint density at radius 2 is 1.59 bits per heavy atom. The molecule has 0 aromatic heterocycles. The van der Waals surface area contributed by atoms with Gasteiger partial charge in [-0.2, -0.15) is 4.31 Å². The van der Waals surface area contributed by atoms with E-state index in [1.54, 1.807) is 4.90 Å². The Morgan fingerprint density at radius 3 is 2.19 bits per heavy atom. The molecule has 0 bridgehead atoms. The minimum Gasteiger partial charge on any atom is -0.378 e. The summed E-state index contributed by atoms with van der Waals surface area (Å²) in [5.74, 6) is -0.119. The van der Waals surface area contributed by atoms with Gasteiger partial charge in [0.05, 0.1) is 23.0 Å². The second-order valence-corrected chi connectivity index (χ2v) is 10.8. The van der Waals surface area contributed by atoms with E-state index in [2.05, 4.69) is 0 Å². The number of morpholine rings is 1. The van der Waals surface area contributed by atoms with Crippen molar-refractivity contribution in [2.45, 2.75) is 22.6 Å². The summed E-state index contributed by atoms with van der Waals surface area (Å²) >= 11 is 0. The van der Waals surface area contributed by atoms with E-state index in [0.717, 1.165) is 6.26 Å². The smallest absolute Gasteiger partial charge is 0.243 e. The van der Waals surface area contributed by atoms with Crippen LogP contribution >= 0.6 is 0 Å². The lowest BCUT2D eigenvalue weighted by Crippen LogP contribution is -2.47. The summed E-state index contributed by atoms with van der Waals surface area (Å²) in [5, 5.41) is 0. The fraction of sp³-hybridized carbons (Fsp3) is 0.588. The van der Waals surface area contributed by atoms with E-state index in [4.69, 9.17) is 4.74 Å². The standard InChI is InChI=1S/C17H24N2O6S2/c1-26(21,22)15-3-2-4-16(13-15)27(23,24)19-7-5-14(6-8-19)17(20)18-9-11-25-12-10-18/h2-4,13-14H,5-12H2,1H3. The van der Waals surface area contributed by atoms with Crippen LogP contribution in [-0.4, -0.2) is 77.6 Å². The van der Waals surface area contributed by atoms with Crippen molar-refractivity contribution in [3.05, 3.63) is 24.3 Å². The molecule has 3 rings (SSSR count). The Morgan fingerprint density at radius 1 is 1.00 bits per heavy atom. The molecule has 2 fully saturated rings. The van der Waals surface area contributed by atoms with Crippen LogP contribution in [-0.2, 0) is 29.4 Å². The Balaban J connectivity index is 1.69. The van der Waals surface area contributed by atoms with Crippen molar-refractivity contribution in [1.82, 2.24) is 9.21 Å². The van der Waals surface area contributed by atoms with Gasteiger partial charge in [0.1, 0.15) is 0 Å². The van der Waals surface area contributed by atoms with Gasteiger partial charge < -0.3 is 9.64 Å². The van der Waals surface area contributed by atoms with E-state index in [1.807, 2.05) is 0 Å². The maximum Gasteiger partial charge on any atom is 0.243 e. The third-order valence-electron chi connectivity index (χ3n) is 5.00. The lowest BCUT2D eigenvalue weighted by molar-refractivity contribution is -0.140. The SMILES string of the molecule is CS(=O)(=O)c1cccc(S(=O)(=O)N2CCC(C(=O)N3CCOCC3)CC2)c1. The minimum atomic E-state index is -3.79. The molecular formula is C17H24N2O6S2. The van der Waals surface area contributed by atoms with Crippen LogP contribution in [0.1, 0.15) is 12.8 Å². The molecule has 0 N–H and O–H groups in total. The molecule has 1 aromatic carbocycles. The topological polar surface area (TPSA) is 101 Å². The molecule has 2 aliphatic rings. The molecule has 0 spiro atoms. The van der Waals surface area contributed by atoms with Crippen molar-refractivity contribution in [2.24, 2.45) is 5.92 Å². The zero-order valence-corrected chi connectivity index (χ0v) is 16.8. The van der Waals surface area contributed by atoms with Crippen molar-refractivity contribution in [2.75, 3.05) is 45.6 Å². The van der Waals surface area contributed by atoms with Crippen LogP contribution in [0.2, 0.25) is 0 Å². The highest BCUT2D eigenvalue weighted by Gasteiger charge is 2.34. The number of sulfonamides is 1. The predicted octanol–water partition coefficient (Wildman–Crippen LogP) is 0.350. The molecular weight excluding hydrogens is 392 g/mol. The maximum atomic E-state index is 12.9. The van der Waals surface area contributed by atoms with Crippen molar-refractivity contribution in [3.8, 4) is 0 Å². The average molecular weight is 417 g/mol. The highest BCUT2D eigenvalue weighted by Crippen LogP contribution is 2.26. The third-order valence-corrected chi connectivity index (χ3v) is 8.00. The summed E-state index contributed by atoms with van der Waals surface area (Å²) in [7, 11) is -7.29. The van der Waals surface area contributed by atoms with Gasteiger partial charge in [-0.3, -0.25) is 4.79 Å². The van der Waals surface area contributed by atoms with Crippen LogP contribution in [0.4, 0.5) is 0 Å². The predicted molar refractivity (Wildman–Crippen MR) is 98.4 cm³/mol. The van der Waals surface area contributed by atoms with Crippen molar-refractivity contribution in [1.29, 1.82) is 0 Å². The molecule has 1 aromatic rings. The molecule has 0 aliphatic carbocycles. The Bertz CT molecular complexity index is 899. The van der Waals surface area contributed by atoms with Gasteiger partial charge in [0.25, 0.3) is 0 Å². The van der Waals surface area contributed by atoms with E-state index in [9.17, 15) is 21.6 Å². The average Bonchev–Trinajstić information content (AvgIpc) is 2.67. The number of hydrogen-bond acceptors (Lipinski definition) is 6. The molecule has 0 atom stereocenters. The number of carbonyl (C=O) groups excluding carboxylic acids is 1. The summed E-state index contributed by atoms with van der Waals surface area (Å²) in [5.41, 5.74) is 0. The number of hydrogen-bond donors (Lipinski definition) is 0. The molecule has 8 nitrogen and oxygen atoms in total. The fourth-order valence-corrected chi connectivity index (χ4v) is 5.66. The second kappa shape index (κ2) is 7.86. The number of carbonyl (C=O) groups is 1. The van der Waals surface area contributed by atoms with Gasteiger partial charge >= 0.3 is 0 Å². The van der Waals surface area contributed by atoms with Crippen LogP contribution in [0.25, 0.3) is 0 Å². The second-order valence-electron chi connectivity index (χ2n) is 6.86. The van der Waals surface area contributed by atoms with Gasteiger partial charge in [-0.1, -0.05) is 6.07 Å². The fourth-order valence-electron chi connectivity index (χ4n) is 3.40. The van der Waals surface area contributed by atoms with Crippen molar-refractivity contribution >= 4 is 25.8 Å². The first-order chi connectivity index (χ1) is 12.7. The largest absolute Gasteiger partial charge is 0.378 e. The zero-order chi connectivity index (χ0) is 19.7. The lowest BCUT2D eigenvalue weighted by atomic mass is 9.96. The van der Waals surface area contributed by atoms with E-state index in [-0.39, 0.29) is 34.7 Å². The summed E-state index contributed by atoms with van der Waals surface area (Å²) < 4.78 is 55.7. The van der Waals surface area contributed by atoms with Gasteiger partial charge in [0.2, 0.25) is 15.9 Å². The van der Waals surface area contributed by atoms with Crippen LogP contribution < -0.4 is 0 Å². The van der Waals surface area contributed by atoms with Crippen LogP contribution in [0, 0.1) is 5.92 Å². The first-order valence-electron chi connectivity index (χ1n) is 8.86. The van der Waals surface area contributed by atoms with Gasteiger partial charge in [-0.25, -0.2) is 16.8 Å². The molecule has 0 radical (unpaired) electrons. The number of nitrogens with zero attached hydrogens (tertiary/aromatic N) is 2. The van der Waals surface area contributed by atoms with Gasteiger partial charge in [0.15, 0.2) is 9.84 Å². The third kappa shape index (κ3) is 4.50. The molecule has 10 heteroatoms. The first-order valence-corrected chi connectivity index (χ1v) is 12.2. The van der Waals surface area contributed by atoms with Crippen LogP contribution in [0.3, 0.4) is 0 Å². The summed E-state index contributed by atoms with van der Waals surface area (Å²) in [6.07, 6.45) is 1.96. The van der Waals surface area contributed by atoms with Gasteiger partial charge in [-0.15, -0.1) is 0 Å². The number of sulfone groups is 1.